The van der Waals surface area contributed by atoms with E-state index < -0.39 is 17.2 Å². The molecule has 0 saturated heterocycles. The number of carbonyl (C=O) groups is 2. The summed E-state index contributed by atoms with van der Waals surface area (Å²) in [7, 11) is 1.49. The Morgan fingerprint density at radius 2 is 1.83 bits per heavy atom. The number of hydrogen-bond donors (Lipinski definition) is 1. The van der Waals surface area contributed by atoms with Crippen LogP contribution in [0.15, 0.2) is 36.5 Å². The van der Waals surface area contributed by atoms with Gasteiger partial charge in [-0.2, -0.15) is 0 Å². The predicted octanol–water partition coefficient (Wildman–Crippen LogP) is 4.63. The molecular weight excluding hydrogens is 382 g/mol. The molecule has 1 fully saturated rings. The van der Waals surface area contributed by atoms with Crippen LogP contribution in [0.25, 0.3) is 0 Å². The number of ketones is 1. The summed E-state index contributed by atoms with van der Waals surface area (Å²) in [5, 5.41) is 9.91. The zero-order valence-electron chi connectivity index (χ0n) is 17.6. The lowest BCUT2D eigenvalue weighted by molar-refractivity contribution is -0.146. The second-order valence-electron chi connectivity index (χ2n) is 7.89. The van der Waals surface area contributed by atoms with E-state index in [0.717, 1.165) is 25.7 Å². The van der Waals surface area contributed by atoms with E-state index in [1.165, 1.54) is 24.4 Å². The molecule has 0 atom stereocenters. The second-order valence-corrected chi connectivity index (χ2v) is 7.89. The molecule has 0 amide bonds. The zero-order chi connectivity index (χ0) is 21.6. The van der Waals surface area contributed by atoms with Gasteiger partial charge in [-0.3, -0.25) is 9.59 Å². The fourth-order valence-electron chi connectivity index (χ4n) is 4.12. The summed E-state index contributed by atoms with van der Waals surface area (Å²) in [5.74, 6) is -0.810. The van der Waals surface area contributed by atoms with Gasteiger partial charge in [-0.15, -0.1) is 0 Å². The third kappa shape index (κ3) is 4.64. The third-order valence-corrected chi connectivity index (χ3v) is 5.97. The van der Waals surface area contributed by atoms with E-state index in [2.05, 4.69) is 24.0 Å². The molecule has 0 spiro atoms. The van der Waals surface area contributed by atoms with E-state index >= 15 is 0 Å². The lowest BCUT2D eigenvalue weighted by Crippen LogP contribution is -2.39. The van der Waals surface area contributed by atoms with E-state index in [0.29, 0.717) is 31.6 Å². The van der Waals surface area contributed by atoms with Crippen molar-refractivity contribution < 1.29 is 24.2 Å². The average molecular weight is 411 g/mol. The molecule has 1 saturated carbocycles. The average Bonchev–Trinajstić information content (AvgIpc) is 3.01. The van der Waals surface area contributed by atoms with Crippen molar-refractivity contribution in [2.24, 2.45) is 5.41 Å². The maximum atomic E-state index is 13.3. The van der Waals surface area contributed by atoms with E-state index in [1.54, 1.807) is 6.07 Å². The van der Waals surface area contributed by atoms with Crippen molar-refractivity contribution in [3.05, 3.63) is 53.2 Å². The molecule has 1 heterocycles. The van der Waals surface area contributed by atoms with Gasteiger partial charge in [-0.25, -0.2) is 4.98 Å². The molecular formula is C24H29NO5. The molecule has 0 unspecified atom stereocenters. The van der Waals surface area contributed by atoms with Gasteiger partial charge >= 0.3 is 5.97 Å². The zero-order valence-corrected chi connectivity index (χ0v) is 17.6. The lowest BCUT2D eigenvalue weighted by atomic mass is 9.74. The highest BCUT2D eigenvalue weighted by molar-refractivity contribution is 6.12. The number of aliphatic carboxylic acids is 1. The van der Waals surface area contributed by atoms with Gasteiger partial charge in [0, 0.05) is 18.2 Å². The highest BCUT2D eigenvalue weighted by Crippen LogP contribution is 2.39. The van der Waals surface area contributed by atoms with Crippen LogP contribution in [-0.4, -0.2) is 35.6 Å². The summed E-state index contributed by atoms with van der Waals surface area (Å²) in [6, 6.07) is 9.66. The fraction of sp³-hybridized carbons (Fsp3) is 0.458. The highest BCUT2D eigenvalue weighted by atomic mass is 16.5. The molecule has 1 N–H and O–H groups in total. The molecule has 0 aliphatic heterocycles. The molecule has 30 heavy (non-hydrogen) atoms. The first-order chi connectivity index (χ1) is 14.5. The third-order valence-electron chi connectivity index (χ3n) is 5.97. The van der Waals surface area contributed by atoms with Crippen LogP contribution in [0.2, 0.25) is 0 Å². The Bertz CT molecular complexity index is 900. The van der Waals surface area contributed by atoms with Crippen molar-refractivity contribution in [1.82, 2.24) is 4.98 Å². The minimum atomic E-state index is -1.38. The maximum Gasteiger partial charge on any atom is 0.317 e. The van der Waals surface area contributed by atoms with Crippen LogP contribution in [0.1, 0.15) is 60.0 Å². The van der Waals surface area contributed by atoms with Crippen LogP contribution in [0.5, 0.6) is 11.6 Å². The standard InChI is InChI=1S/C24H29NO5/c1-17-9-5-6-10-18(17)11-14-30-20-15-19(16-25-22(20)29-2)21(26)24(23(27)28)12-7-3-4-8-13-24/h5-6,9-10,15-16H,3-4,7-8,11-14H2,1-2H3,(H,27,28). The lowest BCUT2D eigenvalue weighted by Gasteiger charge is -2.26. The highest BCUT2D eigenvalue weighted by Gasteiger charge is 2.46. The van der Waals surface area contributed by atoms with Crippen molar-refractivity contribution in [3.63, 3.8) is 0 Å². The van der Waals surface area contributed by atoms with Crippen molar-refractivity contribution in [1.29, 1.82) is 0 Å². The molecule has 2 aromatic rings. The Morgan fingerprint density at radius 3 is 2.47 bits per heavy atom. The number of ether oxygens (including phenoxy) is 2. The fourth-order valence-corrected chi connectivity index (χ4v) is 4.12. The number of rotatable bonds is 8. The number of methoxy groups -OCH3 is 1. The molecule has 1 aromatic carbocycles. The Hall–Kier alpha value is -2.89. The number of hydrogen-bond acceptors (Lipinski definition) is 5. The molecule has 0 bridgehead atoms. The van der Waals surface area contributed by atoms with Gasteiger partial charge in [0.25, 0.3) is 5.88 Å². The van der Waals surface area contributed by atoms with Gasteiger partial charge in [0.05, 0.1) is 13.7 Å². The topological polar surface area (TPSA) is 85.7 Å². The van der Waals surface area contributed by atoms with Crippen LogP contribution in [-0.2, 0) is 11.2 Å². The predicted molar refractivity (Wildman–Crippen MR) is 113 cm³/mol. The summed E-state index contributed by atoms with van der Waals surface area (Å²) in [6.45, 7) is 2.44. The van der Waals surface area contributed by atoms with E-state index in [1.807, 2.05) is 12.1 Å². The molecule has 6 heteroatoms. The first-order valence-corrected chi connectivity index (χ1v) is 10.5. The monoisotopic (exact) mass is 411 g/mol. The number of benzene rings is 1. The van der Waals surface area contributed by atoms with Crippen molar-refractivity contribution >= 4 is 11.8 Å². The second kappa shape index (κ2) is 9.74. The molecule has 160 valence electrons. The van der Waals surface area contributed by atoms with Crippen LogP contribution in [0, 0.1) is 12.3 Å². The smallest absolute Gasteiger partial charge is 0.317 e. The van der Waals surface area contributed by atoms with Gasteiger partial charge in [-0.05, 0) is 37.0 Å². The number of pyridine rings is 1. The quantitative estimate of drug-likeness (QED) is 0.387. The number of aromatic nitrogens is 1. The Kier molecular flexibility index (Phi) is 7.08. The molecule has 0 radical (unpaired) electrons. The van der Waals surface area contributed by atoms with Gasteiger partial charge < -0.3 is 14.6 Å². The van der Waals surface area contributed by atoms with Crippen molar-refractivity contribution in [2.45, 2.75) is 51.9 Å². The van der Waals surface area contributed by atoms with Crippen LogP contribution in [0.4, 0.5) is 0 Å². The molecule has 1 aromatic heterocycles. The Morgan fingerprint density at radius 1 is 1.13 bits per heavy atom. The minimum absolute atomic E-state index is 0.256. The minimum Gasteiger partial charge on any atom is -0.488 e. The number of nitrogens with zero attached hydrogens (tertiary/aromatic N) is 1. The van der Waals surface area contributed by atoms with Crippen LogP contribution < -0.4 is 9.47 Å². The van der Waals surface area contributed by atoms with Gasteiger partial charge in [0.15, 0.2) is 11.5 Å². The normalized spacial score (nSPS) is 15.8. The molecule has 1 aliphatic rings. The summed E-state index contributed by atoms with van der Waals surface area (Å²) in [6.07, 6.45) is 6.20. The summed E-state index contributed by atoms with van der Waals surface area (Å²) < 4.78 is 11.2. The first-order valence-electron chi connectivity index (χ1n) is 10.5. The Balaban J connectivity index is 1.81. The number of carbonyl (C=O) groups excluding carboxylic acids is 1. The summed E-state index contributed by atoms with van der Waals surface area (Å²) in [5.41, 5.74) is 1.24. The van der Waals surface area contributed by atoms with E-state index in [9.17, 15) is 14.7 Å². The number of Topliss-reactive ketones (excluding diaryl/α,β-unsaturated/α-hetero) is 1. The van der Waals surface area contributed by atoms with Crippen LogP contribution >= 0.6 is 0 Å². The van der Waals surface area contributed by atoms with Crippen LogP contribution in [0.3, 0.4) is 0 Å². The van der Waals surface area contributed by atoms with Crippen molar-refractivity contribution in [3.8, 4) is 11.6 Å². The number of aryl methyl sites for hydroxylation is 1. The van der Waals surface area contributed by atoms with Gasteiger partial charge in [0.1, 0.15) is 5.41 Å². The molecule has 1 aliphatic carbocycles. The van der Waals surface area contributed by atoms with Crippen molar-refractivity contribution in [2.75, 3.05) is 13.7 Å². The van der Waals surface area contributed by atoms with E-state index in [4.69, 9.17) is 9.47 Å². The van der Waals surface area contributed by atoms with Gasteiger partial charge in [-0.1, -0.05) is 49.9 Å². The SMILES string of the molecule is COc1ncc(C(=O)C2(C(=O)O)CCCCCC2)cc1OCCc1ccccc1C. The largest absolute Gasteiger partial charge is 0.488 e. The summed E-state index contributed by atoms with van der Waals surface area (Å²) in [4.78, 5) is 29.6. The number of carboxylic acid groups (broad SMARTS) is 1. The first kappa shape index (κ1) is 21.8. The molecule has 6 nitrogen and oxygen atoms in total. The van der Waals surface area contributed by atoms with Gasteiger partial charge in [0.2, 0.25) is 0 Å². The van der Waals surface area contributed by atoms with E-state index in [-0.39, 0.29) is 11.4 Å². The summed E-state index contributed by atoms with van der Waals surface area (Å²) >= 11 is 0. The Labute approximate surface area is 177 Å². The number of carboxylic acids is 1. The maximum absolute atomic E-state index is 13.3. The molecule has 3 rings (SSSR count).